The molecule has 2 bridgehead atoms. The second-order valence-corrected chi connectivity index (χ2v) is 12.3. The van der Waals surface area contributed by atoms with E-state index in [4.69, 9.17) is 0 Å². The van der Waals surface area contributed by atoms with Crippen molar-refractivity contribution in [1.29, 1.82) is 0 Å². The van der Waals surface area contributed by atoms with Crippen LogP contribution in [0.5, 0.6) is 0 Å². The van der Waals surface area contributed by atoms with E-state index in [2.05, 4.69) is 15.9 Å². The Morgan fingerprint density at radius 3 is 2.69 bits per heavy atom. The van der Waals surface area contributed by atoms with E-state index in [1.165, 1.54) is 0 Å². The van der Waals surface area contributed by atoms with Crippen molar-refractivity contribution in [3.63, 3.8) is 0 Å². The first kappa shape index (κ1) is 20.6. The number of hydrogen-bond acceptors (Lipinski definition) is 4. The number of carbonyl (C=O) groups excluding carboxylic acids is 1. The maximum Gasteiger partial charge on any atom is 0.250 e. The normalized spacial score (nSPS) is 24.8. The van der Waals surface area contributed by atoms with Crippen LogP contribution in [0.2, 0.25) is 0 Å². The summed E-state index contributed by atoms with van der Waals surface area (Å²) in [7, 11) is -3.81. The third-order valence-corrected chi connectivity index (χ3v) is 9.55. The SMILES string of the molecule is O=C(C1CC1)N1CCc2cc(Br)cc(S(=O)(=O)N3C[C@H]4C[C@@H](C3)c3cccc(=O)n3C4)c21. The number of fused-ring (bicyclic) bond motifs is 5. The summed E-state index contributed by atoms with van der Waals surface area (Å²) in [6, 6.07) is 8.84. The largest absolute Gasteiger partial charge is 0.312 e. The minimum atomic E-state index is -3.81. The number of hydrogen-bond donors (Lipinski definition) is 0. The summed E-state index contributed by atoms with van der Waals surface area (Å²) in [6.45, 7) is 1.81. The first-order valence-corrected chi connectivity index (χ1v) is 13.4. The predicted octanol–water partition coefficient (Wildman–Crippen LogP) is 2.72. The van der Waals surface area contributed by atoms with Gasteiger partial charge in [-0.15, -0.1) is 0 Å². The molecule has 9 heteroatoms. The Balaban J connectivity index is 1.40. The molecule has 0 radical (unpaired) electrons. The molecule has 3 aliphatic heterocycles. The predicted molar refractivity (Wildman–Crippen MR) is 123 cm³/mol. The van der Waals surface area contributed by atoms with Gasteiger partial charge in [-0.25, -0.2) is 8.42 Å². The van der Waals surface area contributed by atoms with E-state index < -0.39 is 10.0 Å². The fraction of sp³-hybridized carbons (Fsp3) is 0.478. The molecular weight excluding hydrogens is 494 g/mol. The van der Waals surface area contributed by atoms with Crippen molar-refractivity contribution in [3.8, 4) is 0 Å². The third-order valence-electron chi connectivity index (χ3n) is 7.25. The van der Waals surface area contributed by atoms with Crippen LogP contribution in [-0.4, -0.2) is 42.8 Å². The summed E-state index contributed by atoms with van der Waals surface area (Å²) < 4.78 is 32.0. The van der Waals surface area contributed by atoms with Gasteiger partial charge in [-0.3, -0.25) is 9.59 Å². The zero-order valence-corrected chi connectivity index (χ0v) is 19.9. The van der Waals surface area contributed by atoms with Crippen LogP contribution in [0, 0.1) is 11.8 Å². The fourth-order valence-corrected chi connectivity index (χ4v) is 8.10. The van der Waals surface area contributed by atoms with Crippen molar-refractivity contribution in [2.24, 2.45) is 11.8 Å². The molecule has 1 aromatic heterocycles. The lowest BCUT2D eigenvalue weighted by Crippen LogP contribution is -2.49. The highest BCUT2D eigenvalue weighted by Gasteiger charge is 2.43. The van der Waals surface area contributed by atoms with Crippen molar-refractivity contribution in [1.82, 2.24) is 8.87 Å². The highest BCUT2D eigenvalue weighted by molar-refractivity contribution is 9.10. The van der Waals surface area contributed by atoms with E-state index in [1.807, 2.05) is 12.1 Å². The lowest BCUT2D eigenvalue weighted by atomic mass is 9.84. The number of benzene rings is 1. The Labute approximate surface area is 195 Å². The zero-order chi connectivity index (χ0) is 22.2. The molecule has 2 aromatic rings. The average Bonchev–Trinajstić information content (AvgIpc) is 3.53. The van der Waals surface area contributed by atoms with E-state index in [1.54, 1.807) is 32.0 Å². The summed E-state index contributed by atoms with van der Waals surface area (Å²) >= 11 is 3.48. The molecule has 1 aromatic carbocycles. The number of piperidine rings is 1. The maximum absolute atomic E-state index is 14.0. The second-order valence-electron chi connectivity index (χ2n) is 9.45. The summed E-state index contributed by atoms with van der Waals surface area (Å²) in [6.07, 6.45) is 3.32. The number of sulfonamides is 1. The molecule has 7 nitrogen and oxygen atoms in total. The lowest BCUT2D eigenvalue weighted by Gasteiger charge is -2.42. The highest BCUT2D eigenvalue weighted by atomic mass is 79.9. The first-order valence-electron chi connectivity index (χ1n) is 11.2. The molecule has 1 amide bonds. The van der Waals surface area contributed by atoms with E-state index >= 15 is 0 Å². The lowest BCUT2D eigenvalue weighted by molar-refractivity contribution is -0.119. The van der Waals surface area contributed by atoms with Crippen LogP contribution >= 0.6 is 15.9 Å². The van der Waals surface area contributed by atoms with Crippen LogP contribution in [0.3, 0.4) is 0 Å². The van der Waals surface area contributed by atoms with Crippen LogP contribution in [-0.2, 0) is 27.8 Å². The number of amides is 1. The van der Waals surface area contributed by atoms with Crippen molar-refractivity contribution in [2.45, 2.75) is 43.0 Å². The molecule has 6 rings (SSSR count). The van der Waals surface area contributed by atoms with Gasteiger partial charge in [-0.1, -0.05) is 22.0 Å². The van der Waals surface area contributed by atoms with Crippen LogP contribution in [0.25, 0.3) is 0 Å². The van der Waals surface area contributed by atoms with Crippen molar-refractivity contribution in [3.05, 3.63) is 56.4 Å². The monoisotopic (exact) mass is 517 g/mol. The van der Waals surface area contributed by atoms with E-state index in [0.29, 0.717) is 42.8 Å². The van der Waals surface area contributed by atoms with Gasteiger partial charge < -0.3 is 9.47 Å². The number of anilines is 1. The van der Waals surface area contributed by atoms with Gasteiger partial charge in [0.1, 0.15) is 4.90 Å². The molecule has 32 heavy (non-hydrogen) atoms. The maximum atomic E-state index is 14.0. The smallest absolute Gasteiger partial charge is 0.250 e. The van der Waals surface area contributed by atoms with E-state index in [-0.39, 0.29) is 34.1 Å². The summed E-state index contributed by atoms with van der Waals surface area (Å²) in [5, 5.41) is 0. The van der Waals surface area contributed by atoms with Crippen LogP contribution in [0.4, 0.5) is 5.69 Å². The quantitative estimate of drug-likeness (QED) is 0.626. The fourth-order valence-electron chi connectivity index (χ4n) is 5.62. The number of pyridine rings is 1. The first-order chi connectivity index (χ1) is 15.3. The Hall–Kier alpha value is -1.97. The Bertz CT molecular complexity index is 1300. The number of aromatic nitrogens is 1. The Morgan fingerprint density at radius 2 is 1.91 bits per heavy atom. The van der Waals surface area contributed by atoms with Gasteiger partial charge in [-0.2, -0.15) is 4.31 Å². The molecule has 2 fully saturated rings. The molecule has 168 valence electrons. The van der Waals surface area contributed by atoms with Crippen LogP contribution < -0.4 is 10.5 Å². The zero-order valence-electron chi connectivity index (χ0n) is 17.5. The Kier molecular flexibility index (Phi) is 4.68. The molecule has 0 spiro atoms. The number of halogens is 1. The summed E-state index contributed by atoms with van der Waals surface area (Å²) in [5.41, 5.74) is 2.37. The van der Waals surface area contributed by atoms with E-state index in [9.17, 15) is 18.0 Å². The van der Waals surface area contributed by atoms with Gasteiger partial charge in [0.25, 0.3) is 5.56 Å². The molecular formula is C23H24BrN3O4S. The van der Waals surface area contributed by atoms with Crippen LogP contribution in [0.15, 0.2) is 44.5 Å². The van der Waals surface area contributed by atoms with Crippen molar-refractivity contribution in [2.75, 3.05) is 24.5 Å². The molecule has 1 aliphatic carbocycles. The van der Waals surface area contributed by atoms with Gasteiger partial charge in [0.2, 0.25) is 15.9 Å². The van der Waals surface area contributed by atoms with Gasteiger partial charge in [0.15, 0.2) is 0 Å². The molecule has 4 heterocycles. The van der Waals surface area contributed by atoms with Crippen LogP contribution in [0.1, 0.15) is 36.4 Å². The van der Waals surface area contributed by atoms with Gasteiger partial charge in [-0.05, 0) is 55.4 Å². The third kappa shape index (κ3) is 3.20. The van der Waals surface area contributed by atoms with Gasteiger partial charge in [0.05, 0.1) is 5.69 Å². The number of rotatable bonds is 3. The van der Waals surface area contributed by atoms with Crippen molar-refractivity contribution >= 4 is 37.5 Å². The standard InChI is InChI=1S/C23H24BrN3O4S/c24-18-9-16-6-7-26(23(29)15-4-5-15)22(16)20(10-18)32(30,31)25-11-14-8-17(13-25)19-2-1-3-21(28)27(19)12-14/h1-3,9-10,14-15,17H,4-8,11-13H2/t14-,17+/m1/s1. The minimum absolute atomic E-state index is 0.00410. The molecule has 2 atom stereocenters. The molecule has 1 saturated heterocycles. The topological polar surface area (TPSA) is 79.7 Å². The number of nitrogens with zero attached hydrogens (tertiary/aromatic N) is 3. The Morgan fingerprint density at radius 1 is 1.09 bits per heavy atom. The van der Waals surface area contributed by atoms with Crippen molar-refractivity contribution < 1.29 is 13.2 Å². The average molecular weight is 518 g/mol. The summed E-state index contributed by atoms with van der Waals surface area (Å²) in [5.74, 6) is 0.173. The molecule has 0 unspecified atom stereocenters. The van der Waals surface area contributed by atoms with Gasteiger partial charge >= 0.3 is 0 Å². The molecule has 4 aliphatic rings. The molecule has 1 saturated carbocycles. The second kappa shape index (κ2) is 7.27. The van der Waals surface area contributed by atoms with Gasteiger partial charge in [0, 0.05) is 54.2 Å². The van der Waals surface area contributed by atoms with E-state index in [0.717, 1.165) is 30.5 Å². The molecule has 0 N–H and O–H groups in total. The number of carbonyl (C=O) groups is 1. The summed E-state index contributed by atoms with van der Waals surface area (Å²) in [4.78, 5) is 27.1. The highest BCUT2D eigenvalue weighted by Crippen LogP contribution is 2.44. The minimum Gasteiger partial charge on any atom is -0.312 e.